The van der Waals surface area contributed by atoms with E-state index in [0.717, 1.165) is 22.6 Å². The van der Waals surface area contributed by atoms with E-state index in [0.29, 0.717) is 17.4 Å². The average molecular weight is 330 g/mol. The third-order valence-electron chi connectivity index (χ3n) is 2.82. The van der Waals surface area contributed by atoms with Crippen molar-refractivity contribution in [2.75, 3.05) is 19.0 Å². The first-order chi connectivity index (χ1) is 11.1. The van der Waals surface area contributed by atoms with E-state index in [1.54, 1.807) is 19.5 Å². The van der Waals surface area contributed by atoms with Crippen LogP contribution in [0.5, 0.6) is 5.75 Å². The van der Waals surface area contributed by atoms with Crippen molar-refractivity contribution in [2.45, 2.75) is 20.3 Å². The number of hydrogen-bond donors (Lipinski definition) is 2. The molecule has 7 heteroatoms. The number of urea groups is 1. The van der Waals surface area contributed by atoms with Gasteiger partial charge in [0.15, 0.2) is 5.13 Å². The van der Waals surface area contributed by atoms with Gasteiger partial charge in [-0.3, -0.25) is 10.3 Å². The molecule has 2 N–H and O–H groups in total. The molecule has 0 fully saturated rings. The van der Waals surface area contributed by atoms with Crippen LogP contribution < -0.4 is 15.4 Å². The molecule has 2 heterocycles. The van der Waals surface area contributed by atoms with Crippen LogP contribution >= 0.6 is 11.3 Å². The summed E-state index contributed by atoms with van der Waals surface area (Å²) in [7, 11) is 1.59. The van der Waals surface area contributed by atoms with Gasteiger partial charge >= 0.3 is 6.03 Å². The van der Waals surface area contributed by atoms with Crippen molar-refractivity contribution in [1.29, 1.82) is 0 Å². The molecule has 0 radical (unpaired) electrons. The molecule has 0 aromatic carbocycles. The highest BCUT2D eigenvalue weighted by Gasteiger charge is 2.08. The molecule has 0 aliphatic rings. The second-order valence-corrected chi connectivity index (χ2v) is 5.68. The molecule has 0 atom stereocenters. The highest BCUT2D eigenvalue weighted by molar-refractivity contribution is 7.16. The van der Waals surface area contributed by atoms with Crippen molar-refractivity contribution >= 4 is 22.5 Å². The molecule has 0 unspecified atom stereocenters. The molecule has 2 rings (SSSR count). The van der Waals surface area contributed by atoms with Crippen molar-refractivity contribution < 1.29 is 9.53 Å². The predicted octanol–water partition coefficient (Wildman–Crippen LogP) is 2.79. The van der Waals surface area contributed by atoms with E-state index < -0.39 is 0 Å². The second kappa shape index (κ2) is 8.15. The molecule has 120 valence electrons. The predicted molar refractivity (Wildman–Crippen MR) is 90.9 cm³/mol. The number of aryl methyl sites for hydroxylation is 1. The summed E-state index contributed by atoms with van der Waals surface area (Å²) in [6, 6.07) is 1.56. The molecule has 0 saturated carbocycles. The average Bonchev–Trinajstić information content (AvgIpc) is 2.90. The minimum Gasteiger partial charge on any atom is -0.495 e. The quantitative estimate of drug-likeness (QED) is 0.845. The number of rotatable bonds is 4. The molecule has 0 bridgehead atoms. The molecule has 0 aliphatic carbocycles. The molecule has 23 heavy (non-hydrogen) atoms. The van der Waals surface area contributed by atoms with Gasteiger partial charge in [0.1, 0.15) is 10.6 Å². The number of nitrogens with one attached hydrogen (secondary N) is 2. The number of methoxy groups -OCH3 is 1. The molecular formula is C16H18N4O2S. The highest BCUT2D eigenvalue weighted by atomic mass is 32.1. The number of aromatic nitrogens is 2. The van der Waals surface area contributed by atoms with E-state index in [4.69, 9.17) is 4.74 Å². The molecular weight excluding hydrogens is 312 g/mol. The van der Waals surface area contributed by atoms with Gasteiger partial charge in [0.05, 0.1) is 19.0 Å². The SMILES string of the molecule is CCCNC(=O)Nc1nc(C)c(C#Cc2cncc(OC)c2)s1. The molecule has 0 aliphatic heterocycles. The Labute approximate surface area is 139 Å². The van der Waals surface area contributed by atoms with E-state index in [-0.39, 0.29) is 6.03 Å². The van der Waals surface area contributed by atoms with Crippen molar-refractivity contribution in [3.63, 3.8) is 0 Å². The van der Waals surface area contributed by atoms with Crippen LogP contribution in [0, 0.1) is 18.8 Å². The first-order valence-electron chi connectivity index (χ1n) is 7.15. The lowest BCUT2D eigenvalue weighted by Crippen LogP contribution is -2.29. The minimum absolute atomic E-state index is 0.253. The lowest BCUT2D eigenvalue weighted by atomic mass is 10.2. The molecule has 2 aromatic rings. The maximum absolute atomic E-state index is 11.6. The molecule has 2 amide bonds. The summed E-state index contributed by atoms with van der Waals surface area (Å²) in [6.07, 6.45) is 4.18. The van der Waals surface area contributed by atoms with Gasteiger partial charge in [-0.05, 0) is 25.3 Å². The lowest BCUT2D eigenvalue weighted by molar-refractivity contribution is 0.252. The monoisotopic (exact) mass is 330 g/mol. The fourth-order valence-electron chi connectivity index (χ4n) is 1.67. The Hall–Kier alpha value is -2.59. The van der Waals surface area contributed by atoms with E-state index in [9.17, 15) is 4.79 Å². The minimum atomic E-state index is -0.253. The second-order valence-electron chi connectivity index (χ2n) is 4.68. The van der Waals surface area contributed by atoms with Crippen LogP contribution in [0.3, 0.4) is 0 Å². The van der Waals surface area contributed by atoms with Crippen molar-refractivity contribution in [2.24, 2.45) is 0 Å². The van der Waals surface area contributed by atoms with Crippen LogP contribution in [-0.4, -0.2) is 29.7 Å². The molecule has 6 nitrogen and oxygen atoms in total. The molecule has 0 spiro atoms. The van der Waals surface area contributed by atoms with E-state index in [1.165, 1.54) is 11.3 Å². The summed E-state index contributed by atoms with van der Waals surface area (Å²) in [4.78, 5) is 20.8. The van der Waals surface area contributed by atoms with Gasteiger partial charge in [-0.2, -0.15) is 0 Å². The summed E-state index contributed by atoms with van der Waals surface area (Å²) >= 11 is 1.34. The summed E-state index contributed by atoms with van der Waals surface area (Å²) in [5, 5.41) is 5.98. The van der Waals surface area contributed by atoms with Gasteiger partial charge in [-0.25, -0.2) is 9.78 Å². The summed E-state index contributed by atoms with van der Waals surface area (Å²) < 4.78 is 5.12. The summed E-state index contributed by atoms with van der Waals surface area (Å²) in [5.74, 6) is 6.74. The largest absolute Gasteiger partial charge is 0.495 e. The number of carbonyl (C=O) groups is 1. The summed E-state index contributed by atoms with van der Waals surface area (Å²) in [5.41, 5.74) is 1.54. The number of thiazole rings is 1. The van der Waals surface area contributed by atoms with Crippen LogP contribution in [0.2, 0.25) is 0 Å². The van der Waals surface area contributed by atoms with Crippen molar-refractivity contribution in [3.8, 4) is 17.6 Å². The van der Waals surface area contributed by atoms with Crippen LogP contribution in [0.25, 0.3) is 0 Å². The van der Waals surface area contributed by atoms with Crippen molar-refractivity contribution in [1.82, 2.24) is 15.3 Å². The van der Waals surface area contributed by atoms with E-state index >= 15 is 0 Å². The molecule has 0 saturated heterocycles. The lowest BCUT2D eigenvalue weighted by Gasteiger charge is -2.02. The third-order valence-corrected chi connectivity index (χ3v) is 3.81. The van der Waals surface area contributed by atoms with Crippen LogP contribution in [0.1, 0.15) is 29.5 Å². The number of hydrogen-bond acceptors (Lipinski definition) is 5. The maximum Gasteiger partial charge on any atom is 0.321 e. The van der Waals surface area contributed by atoms with Crippen LogP contribution in [0.15, 0.2) is 18.5 Å². The van der Waals surface area contributed by atoms with Crippen molar-refractivity contribution in [3.05, 3.63) is 34.6 Å². The zero-order valence-corrected chi connectivity index (χ0v) is 14.1. The normalized spacial score (nSPS) is 9.70. The first kappa shape index (κ1) is 16.8. The number of nitrogens with zero attached hydrogens (tertiary/aromatic N) is 2. The Kier molecular flexibility index (Phi) is 5.94. The Bertz CT molecular complexity index is 746. The highest BCUT2D eigenvalue weighted by Crippen LogP contribution is 2.21. The van der Waals surface area contributed by atoms with Gasteiger partial charge in [-0.15, -0.1) is 0 Å². The van der Waals surface area contributed by atoms with Gasteiger partial charge in [0, 0.05) is 18.3 Å². The maximum atomic E-state index is 11.6. The fourth-order valence-corrected chi connectivity index (χ4v) is 2.49. The number of ether oxygens (including phenoxy) is 1. The van der Waals surface area contributed by atoms with Crippen LogP contribution in [-0.2, 0) is 0 Å². The standard InChI is InChI=1S/C16H18N4O2S/c1-4-7-18-15(21)20-16-19-11(2)14(23-16)6-5-12-8-13(22-3)10-17-9-12/h8-10H,4,7H2,1-3H3,(H2,18,19,20,21). The third kappa shape index (κ3) is 4.97. The Balaban J connectivity index is 2.09. The number of anilines is 1. The first-order valence-corrected chi connectivity index (χ1v) is 7.97. The molecule has 2 aromatic heterocycles. The zero-order chi connectivity index (χ0) is 16.7. The zero-order valence-electron chi connectivity index (χ0n) is 13.3. The van der Waals surface area contributed by atoms with Gasteiger partial charge < -0.3 is 10.1 Å². The van der Waals surface area contributed by atoms with Gasteiger partial charge in [0.2, 0.25) is 0 Å². The smallest absolute Gasteiger partial charge is 0.321 e. The topological polar surface area (TPSA) is 76.1 Å². The Morgan fingerprint density at radius 1 is 1.39 bits per heavy atom. The van der Waals surface area contributed by atoms with Crippen LogP contribution in [0.4, 0.5) is 9.93 Å². The summed E-state index contributed by atoms with van der Waals surface area (Å²) in [6.45, 7) is 4.49. The number of amides is 2. The van der Waals surface area contributed by atoms with E-state index in [2.05, 4.69) is 32.4 Å². The fraction of sp³-hybridized carbons (Fsp3) is 0.312. The number of pyridine rings is 1. The van der Waals surface area contributed by atoms with E-state index in [1.807, 2.05) is 19.9 Å². The van der Waals surface area contributed by atoms with Gasteiger partial charge in [-0.1, -0.05) is 24.2 Å². The Morgan fingerprint density at radius 3 is 2.96 bits per heavy atom. The van der Waals surface area contributed by atoms with Gasteiger partial charge in [0.25, 0.3) is 0 Å². The Morgan fingerprint density at radius 2 is 2.22 bits per heavy atom. The number of carbonyl (C=O) groups excluding carboxylic acids is 1.